The molecular weight excluding hydrogens is 246 g/mol. The topological polar surface area (TPSA) is 39.1 Å². The number of hydrogen-bond donors (Lipinski definition) is 1. The van der Waals surface area contributed by atoms with Gasteiger partial charge in [-0.1, -0.05) is 43.7 Å². The van der Waals surface area contributed by atoms with Crippen molar-refractivity contribution in [1.82, 2.24) is 10.2 Å². The largest absolute Gasteiger partial charge is 0.297 e. The van der Waals surface area contributed by atoms with E-state index in [0.29, 0.717) is 6.04 Å². The van der Waals surface area contributed by atoms with Gasteiger partial charge in [0.2, 0.25) is 0 Å². The van der Waals surface area contributed by atoms with Crippen molar-refractivity contribution in [3.63, 3.8) is 0 Å². The van der Waals surface area contributed by atoms with Gasteiger partial charge >= 0.3 is 0 Å². The standard InChI is InChI=1S/C17H25N3/c1-3-19-17(13-18,16-10-5-4-6-11-16)14-20-12-8-7-9-15(20)2/h4-6,10-11,15,19H,3,7-9,12,14H2,1-2H3. The predicted octanol–water partition coefficient (Wildman–Crippen LogP) is 2.89. The third-order valence-corrected chi connectivity index (χ3v) is 4.32. The van der Waals surface area contributed by atoms with E-state index in [1.54, 1.807) is 0 Å². The highest BCUT2D eigenvalue weighted by Gasteiger charge is 2.35. The van der Waals surface area contributed by atoms with E-state index >= 15 is 0 Å². The lowest BCUT2D eigenvalue weighted by Crippen LogP contribution is -2.53. The molecule has 3 nitrogen and oxygen atoms in total. The number of likely N-dealkylation sites (tertiary alicyclic amines) is 1. The van der Waals surface area contributed by atoms with Crippen molar-refractivity contribution in [2.45, 2.75) is 44.7 Å². The molecule has 1 aromatic rings. The average molecular weight is 271 g/mol. The highest BCUT2D eigenvalue weighted by atomic mass is 15.2. The Morgan fingerprint density at radius 2 is 2.10 bits per heavy atom. The lowest BCUT2D eigenvalue weighted by molar-refractivity contribution is 0.127. The van der Waals surface area contributed by atoms with Crippen LogP contribution in [0.3, 0.4) is 0 Å². The zero-order valence-electron chi connectivity index (χ0n) is 12.6. The van der Waals surface area contributed by atoms with Crippen molar-refractivity contribution < 1.29 is 0 Å². The smallest absolute Gasteiger partial charge is 0.145 e. The van der Waals surface area contributed by atoms with Crippen LogP contribution in [0, 0.1) is 11.3 Å². The van der Waals surface area contributed by atoms with Crippen LogP contribution in [0.2, 0.25) is 0 Å². The third kappa shape index (κ3) is 3.20. The molecular formula is C17H25N3. The lowest BCUT2D eigenvalue weighted by atomic mass is 9.89. The summed E-state index contributed by atoms with van der Waals surface area (Å²) in [7, 11) is 0. The summed E-state index contributed by atoms with van der Waals surface area (Å²) >= 11 is 0. The van der Waals surface area contributed by atoms with Crippen molar-refractivity contribution in [3.8, 4) is 6.07 Å². The number of nitrogens with zero attached hydrogens (tertiary/aromatic N) is 2. The van der Waals surface area contributed by atoms with Crippen molar-refractivity contribution >= 4 is 0 Å². The number of nitriles is 1. The fourth-order valence-electron chi connectivity index (χ4n) is 3.11. The van der Waals surface area contributed by atoms with Crippen molar-refractivity contribution in [1.29, 1.82) is 5.26 Å². The minimum atomic E-state index is -0.596. The van der Waals surface area contributed by atoms with Gasteiger partial charge in [-0.2, -0.15) is 5.26 Å². The summed E-state index contributed by atoms with van der Waals surface area (Å²) in [5, 5.41) is 13.3. The normalized spacial score (nSPS) is 22.9. The summed E-state index contributed by atoms with van der Waals surface area (Å²) in [6.45, 7) is 7.00. The second kappa shape index (κ2) is 6.88. The molecule has 3 heteroatoms. The molecule has 1 fully saturated rings. The summed E-state index contributed by atoms with van der Waals surface area (Å²) in [5.74, 6) is 0. The fraction of sp³-hybridized carbons (Fsp3) is 0.588. The highest BCUT2D eigenvalue weighted by molar-refractivity contribution is 5.32. The molecule has 1 N–H and O–H groups in total. The van der Waals surface area contributed by atoms with Crippen LogP contribution in [-0.2, 0) is 5.54 Å². The van der Waals surface area contributed by atoms with Gasteiger partial charge in [0, 0.05) is 12.6 Å². The van der Waals surface area contributed by atoms with Gasteiger partial charge in [0.15, 0.2) is 0 Å². The molecule has 1 aliphatic rings. The first-order valence-electron chi connectivity index (χ1n) is 7.67. The Morgan fingerprint density at radius 3 is 2.70 bits per heavy atom. The molecule has 108 valence electrons. The molecule has 0 aromatic heterocycles. The monoisotopic (exact) mass is 271 g/mol. The molecule has 1 aromatic carbocycles. The second-order valence-corrected chi connectivity index (χ2v) is 5.73. The van der Waals surface area contributed by atoms with Gasteiger partial charge in [0.25, 0.3) is 0 Å². The Hall–Kier alpha value is -1.37. The number of likely N-dealkylation sites (N-methyl/N-ethyl adjacent to an activating group) is 1. The first kappa shape index (κ1) is 15.0. The zero-order chi connectivity index (χ0) is 14.4. The molecule has 0 spiro atoms. The summed E-state index contributed by atoms with van der Waals surface area (Å²) in [4.78, 5) is 2.46. The maximum Gasteiger partial charge on any atom is 0.145 e. The van der Waals surface area contributed by atoms with Crippen LogP contribution >= 0.6 is 0 Å². The van der Waals surface area contributed by atoms with Crippen molar-refractivity contribution in [3.05, 3.63) is 35.9 Å². The molecule has 0 amide bonds. The molecule has 0 aliphatic carbocycles. The highest BCUT2D eigenvalue weighted by Crippen LogP contribution is 2.26. The van der Waals surface area contributed by atoms with Gasteiger partial charge in [-0.3, -0.25) is 10.2 Å². The number of piperidine rings is 1. The molecule has 1 heterocycles. The molecule has 2 atom stereocenters. The third-order valence-electron chi connectivity index (χ3n) is 4.32. The summed E-state index contributed by atoms with van der Waals surface area (Å²) < 4.78 is 0. The van der Waals surface area contributed by atoms with Gasteiger partial charge < -0.3 is 0 Å². The number of nitrogens with one attached hydrogen (secondary N) is 1. The molecule has 0 radical (unpaired) electrons. The van der Waals surface area contributed by atoms with Crippen molar-refractivity contribution in [2.24, 2.45) is 0 Å². The maximum atomic E-state index is 9.84. The van der Waals surface area contributed by atoms with Crippen LogP contribution < -0.4 is 5.32 Å². The average Bonchev–Trinajstić information content (AvgIpc) is 2.50. The van der Waals surface area contributed by atoms with E-state index in [-0.39, 0.29) is 0 Å². The lowest BCUT2D eigenvalue weighted by Gasteiger charge is -2.39. The van der Waals surface area contributed by atoms with E-state index in [2.05, 4.69) is 42.3 Å². The maximum absolute atomic E-state index is 9.84. The Bertz CT molecular complexity index is 451. The molecule has 0 bridgehead atoms. The van der Waals surface area contributed by atoms with Crippen LogP contribution in [0.5, 0.6) is 0 Å². The predicted molar refractivity (Wildman–Crippen MR) is 82.3 cm³/mol. The van der Waals surface area contributed by atoms with E-state index < -0.39 is 5.54 Å². The SMILES string of the molecule is CCNC(C#N)(CN1CCCCC1C)c1ccccc1. The van der Waals surface area contributed by atoms with Crippen molar-refractivity contribution in [2.75, 3.05) is 19.6 Å². The molecule has 20 heavy (non-hydrogen) atoms. The van der Waals surface area contributed by atoms with E-state index in [9.17, 15) is 5.26 Å². The van der Waals surface area contributed by atoms with Gasteiger partial charge in [-0.25, -0.2) is 0 Å². The fourth-order valence-corrected chi connectivity index (χ4v) is 3.11. The molecule has 2 rings (SSSR count). The van der Waals surface area contributed by atoms with E-state index in [1.165, 1.54) is 19.3 Å². The number of benzene rings is 1. The molecule has 0 saturated carbocycles. The van der Waals surface area contributed by atoms with Crippen LogP contribution in [0.1, 0.15) is 38.7 Å². The Balaban J connectivity index is 2.25. The summed E-state index contributed by atoms with van der Waals surface area (Å²) in [6.07, 6.45) is 3.79. The van der Waals surface area contributed by atoms with Gasteiger partial charge in [-0.05, 0) is 38.4 Å². The van der Waals surface area contributed by atoms with Crippen LogP contribution in [0.25, 0.3) is 0 Å². The van der Waals surface area contributed by atoms with Crippen LogP contribution in [0.15, 0.2) is 30.3 Å². The van der Waals surface area contributed by atoms with Crippen LogP contribution in [-0.4, -0.2) is 30.6 Å². The Morgan fingerprint density at radius 1 is 1.35 bits per heavy atom. The van der Waals surface area contributed by atoms with E-state index in [1.807, 2.05) is 18.2 Å². The van der Waals surface area contributed by atoms with Gasteiger partial charge in [0.05, 0.1) is 6.07 Å². The minimum Gasteiger partial charge on any atom is -0.297 e. The summed E-state index contributed by atoms with van der Waals surface area (Å²) in [6, 6.07) is 13.3. The number of hydrogen-bond acceptors (Lipinski definition) is 3. The summed E-state index contributed by atoms with van der Waals surface area (Å²) in [5.41, 5.74) is 0.476. The van der Waals surface area contributed by atoms with Gasteiger partial charge in [0.1, 0.15) is 5.54 Å². The Kier molecular flexibility index (Phi) is 5.17. The first-order chi connectivity index (χ1) is 9.72. The van der Waals surface area contributed by atoms with Crippen LogP contribution in [0.4, 0.5) is 0 Å². The quantitative estimate of drug-likeness (QED) is 0.895. The first-order valence-corrected chi connectivity index (χ1v) is 7.67. The van der Waals surface area contributed by atoms with E-state index in [4.69, 9.17) is 0 Å². The molecule has 2 unspecified atom stereocenters. The van der Waals surface area contributed by atoms with Gasteiger partial charge in [-0.15, -0.1) is 0 Å². The minimum absolute atomic E-state index is 0.568. The Labute approximate surface area is 122 Å². The number of rotatable bonds is 5. The molecule has 1 aliphatic heterocycles. The molecule has 1 saturated heterocycles. The van der Waals surface area contributed by atoms with E-state index in [0.717, 1.165) is 25.2 Å². The zero-order valence-corrected chi connectivity index (χ0v) is 12.6. The second-order valence-electron chi connectivity index (χ2n) is 5.73.